The molecule has 2 heterocycles. The zero-order valence-corrected chi connectivity index (χ0v) is 32.9. The summed E-state index contributed by atoms with van der Waals surface area (Å²) in [6, 6.07) is 80.2. The molecule has 0 aliphatic rings. The summed E-state index contributed by atoms with van der Waals surface area (Å²) in [4.78, 5) is 2.42. The molecule has 0 unspecified atom stereocenters. The van der Waals surface area contributed by atoms with Crippen molar-refractivity contribution in [2.75, 3.05) is 4.90 Å². The van der Waals surface area contributed by atoms with Gasteiger partial charge in [-0.15, -0.1) is 11.3 Å². The first-order valence-corrected chi connectivity index (χ1v) is 21.0. The third kappa shape index (κ3) is 5.55. The molecule has 10 aromatic carbocycles. The Labute approximate surface area is 346 Å². The van der Waals surface area contributed by atoms with E-state index in [0.717, 1.165) is 28.3 Å². The van der Waals surface area contributed by atoms with Gasteiger partial charge >= 0.3 is 0 Å². The Balaban J connectivity index is 1.15. The first kappa shape index (κ1) is 33.7. The average Bonchev–Trinajstić information content (AvgIpc) is 3.85. The van der Waals surface area contributed by atoms with Crippen molar-refractivity contribution in [3.05, 3.63) is 218 Å². The van der Waals surface area contributed by atoms with Gasteiger partial charge in [-0.25, -0.2) is 0 Å². The van der Waals surface area contributed by atoms with E-state index in [0.29, 0.717) is 0 Å². The number of anilines is 3. The number of benzene rings is 10. The molecule has 0 radical (unpaired) electrons. The van der Waals surface area contributed by atoms with Crippen LogP contribution >= 0.6 is 11.3 Å². The van der Waals surface area contributed by atoms with E-state index in [2.05, 4.69) is 228 Å². The van der Waals surface area contributed by atoms with E-state index in [4.69, 9.17) is 0 Å². The predicted octanol–water partition coefficient (Wildman–Crippen LogP) is 16.3. The Morgan fingerprint density at radius 2 is 0.932 bits per heavy atom. The summed E-state index contributed by atoms with van der Waals surface area (Å²) < 4.78 is 5.13. The highest BCUT2D eigenvalue weighted by Gasteiger charge is 2.22. The standard InChI is InChI=1S/C56H36N2S/c1-2-13-37(14-3-1)42-27-31-48(50-21-12-22-51-49-20-9-11-24-55(49)59-56(50)51)53(35-42)58-52-23-10-8-19-46(52)47-32-30-45(36-54(47)58)57(43-28-25-38-15-4-6-17-40(38)33-43)44-29-26-39-16-5-7-18-41(39)34-44/h1-36H. The molecule has 3 heteroatoms. The number of nitrogens with zero attached hydrogens (tertiary/aromatic N) is 2. The van der Waals surface area contributed by atoms with Gasteiger partial charge in [0.15, 0.2) is 0 Å². The van der Waals surface area contributed by atoms with Gasteiger partial charge in [-0.1, -0.05) is 164 Å². The number of hydrogen-bond donors (Lipinski definition) is 0. The van der Waals surface area contributed by atoms with Crippen LogP contribution in [0.4, 0.5) is 17.1 Å². The molecule has 0 N–H and O–H groups in total. The van der Waals surface area contributed by atoms with Crippen molar-refractivity contribution in [1.82, 2.24) is 4.57 Å². The zero-order valence-electron chi connectivity index (χ0n) is 32.1. The van der Waals surface area contributed by atoms with Gasteiger partial charge in [0.05, 0.1) is 16.7 Å². The summed E-state index contributed by atoms with van der Waals surface area (Å²) in [7, 11) is 0. The Hall–Kier alpha value is -7.46. The number of fused-ring (bicyclic) bond motifs is 8. The molecule has 12 rings (SSSR count). The van der Waals surface area contributed by atoms with Crippen molar-refractivity contribution in [1.29, 1.82) is 0 Å². The summed E-state index contributed by atoms with van der Waals surface area (Å²) in [5.74, 6) is 0. The maximum Gasteiger partial charge on any atom is 0.0562 e. The highest BCUT2D eigenvalue weighted by Crippen LogP contribution is 2.46. The van der Waals surface area contributed by atoms with Crippen LogP contribution in [0.2, 0.25) is 0 Å². The summed E-state index contributed by atoms with van der Waals surface area (Å²) >= 11 is 1.88. The van der Waals surface area contributed by atoms with Crippen LogP contribution in [0.25, 0.3) is 91.5 Å². The van der Waals surface area contributed by atoms with Gasteiger partial charge in [-0.2, -0.15) is 0 Å². The molecule has 12 aromatic rings. The molecule has 0 bridgehead atoms. The lowest BCUT2D eigenvalue weighted by atomic mass is 9.96. The third-order valence-corrected chi connectivity index (χ3v) is 13.2. The van der Waals surface area contributed by atoms with Crippen molar-refractivity contribution in [2.45, 2.75) is 0 Å². The van der Waals surface area contributed by atoms with Crippen molar-refractivity contribution in [3.8, 4) is 27.9 Å². The van der Waals surface area contributed by atoms with Crippen LogP contribution in [0.5, 0.6) is 0 Å². The number of thiophene rings is 1. The van der Waals surface area contributed by atoms with E-state index in [1.165, 1.54) is 80.3 Å². The second-order valence-corrected chi connectivity index (χ2v) is 16.4. The van der Waals surface area contributed by atoms with Crippen LogP contribution < -0.4 is 4.90 Å². The molecule has 59 heavy (non-hydrogen) atoms. The van der Waals surface area contributed by atoms with Gasteiger partial charge in [0, 0.05) is 59.1 Å². The van der Waals surface area contributed by atoms with Gasteiger partial charge in [-0.05, 0) is 87.3 Å². The third-order valence-electron chi connectivity index (χ3n) is 11.9. The van der Waals surface area contributed by atoms with Gasteiger partial charge in [0.1, 0.15) is 0 Å². The monoisotopic (exact) mass is 768 g/mol. The van der Waals surface area contributed by atoms with Crippen LogP contribution in [-0.4, -0.2) is 4.57 Å². The summed E-state index contributed by atoms with van der Waals surface area (Å²) in [5, 5.41) is 9.93. The van der Waals surface area contributed by atoms with Gasteiger partial charge < -0.3 is 9.47 Å². The molecule has 276 valence electrons. The van der Waals surface area contributed by atoms with E-state index in [-0.39, 0.29) is 0 Å². The second kappa shape index (κ2) is 13.6. The van der Waals surface area contributed by atoms with Crippen molar-refractivity contribution < 1.29 is 0 Å². The predicted molar refractivity (Wildman–Crippen MR) is 254 cm³/mol. The van der Waals surface area contributed by atoms with Crippen molar-refractivity contribution in [2.24, 2.45) is 0 Å². The highest BCUT2D eigenvalue weighted by atomic mass is 32.1. The fraction of sp³-hybridized carbons (Fsp3) is 0. The molecular formula is C56H36N2S. The average molecular weight is 769 g/mol. The lowest BCUT2D eigenvalue weighted by Crippen LogP contribution is -2.10. The lowest BCUT2D eigenvalue weighted by molar-refractivity contribution is 1.18. The fourth-order valence-electron chi connectivity index (χ4n) is 9.15. The molecule has 0 fully saturated rings. The minimum Gasteiger partial charge on any atom is -0.310 e. The van der Waals surface area contributed by atoms with Gasteiger partial charge in [-0.3, -0.25) is 0 Å². The Kier molecular flexibility index (Phi) is 7.75. The molecule has 0 amide bonds. The minimum atomic E-state index is 1.10. The number of aromatic nitrogens is 1. The van der Waals surface area contributed by atoms with Crippen LogP contribution in [0.3, 0.4) is 0 Å². The topological polar surface area (TPSA) is 8.17 Å². The smallest absolute Gasteiger partial charge is 0.0562 e. The van der Waals surface area contributed by atoms with Gasteiger partial charge in [0.2, 0.25) is 0 Å². The number of para-hydroxylation sites is 1. The van der Waals surface area contributed by atoms with Crippen molar-refractivity contribution >= 4 is 91.9 Å². The number of hydrogen-bond acceptors (Lipinski definition) is 2. The SMILES string of the molecule is c1ccc(-c2ccc(-c3cccc4c3sc3ccccc34)c(-n3c4ccccc4c4ccc(N(c5ccc6ccccc6c5)c5ccc6ccccc6c5)cc43)c2)cc1. The minimum absolute atomic E-state index is 1.10. The molecule has 0 spiro atoms. The van der Waals surface area contributed by atoms with Crippen LogP contribution in [-0.2, 0) is 0 Å². The molecule has 0 atom stereocenters. The molecule has 0 aliphatic carbocycles. The van der Waals surface area contributed by atoms with Crippen molar-refractivity contribution in [3.63, 3.8) is 0 Å². The molecule has 2 aromatic heterocycles. The maximum absolute atomic E-state index is 2.51. The molecule has 0 saturated carbocycles. The Bertz CT molecular complexity index is 3500. The quantitative estimate of drug-likeness (QED) is 0.164. The molecule has 0 aliphatic heterocycles. The van der Waals surface area contributed by atoms with Gasteiger partial charge in [0.25, 0.3) is 0 Å². The zero-order chi connectivity index (χ0) is 38.9. The van der Waals surface area contributed by atoms with Crippen LogP contribution in [0, 0.1) is 0 Å². The largest absolute Gasteiger partial charge is 0.310 e. The second-order valence-electron chi connectivity index (χ2n) is 15.3. The van der Waals surface area contributed by atoms with E-state index >= 15 is 0 Å². The lowest BCUT2D eigenvalue weighted by Gasteiger charge is -2.26. The Morgan fingerprint density at radius 3 is 1.69 bits per heavy atom. The summed E-state index contributed by atoms with van der Waals surface area (Å²) in [5.41, 5.74) is 11.6. The number of rotatable bonds is 6. The summed E-state index contributed by atoms with van der Waals surface area (Å²) in [6.45, 7) is 0. The van der Waals surface area contributed by atoms with E-state index in [1.54, 1.807) is 0 Å². The summed E-state index contributed by atoms with van der Waals surface area (Å²) in [6.07, 6.45) is 0. The van der Waals surface area contributed by atoms with E-state index < -0.39 is 0 Å². The fourth-order valence-corrected chi connectivity index (χ4v) is 10.4. The highest BCUT2D eigenvalue weighted by molar-refractivity contribution is 7.26. The molecular weight excluding hydrogens is 733 g/mol. The van der Waals surface area contributed by atoms with Crippen LogP contribution in [0.15, 0.2) is 218 Å². The first-order chi connectivity index (χ1) is 29.2. The molecule has 2 nitrogen and oxygen atoms in total. The first-order valence-electron chi connectivity index (χ1n) is 20.2. The van der Waals surface area contributed by atoms with E-state index in [9.17, 15) is 0 Å². The molecule has 0 saturated heterocycles. The van der Waals surface area contributed by atoms with E-state index in [1.807, 2.05) is 11.3 Å². The maximum atomic E-state index is 2.51. The Morgan fingerprint density at radius 1 is 0.339 bits per heavy atom. The van der Waals surface area contributed by atoms with Crippen LogP contribution in [0.1, 0.15) is 0 Å². The normalized spacial score (nSPS) is 11.7.